The number of aryl methyl sites for hydroxylation is 2. The van der Waals surface area contributed by atoms with Crippen molar-refractivity contribution in [2.45, 2.75) is 39.7 Å². The molecule has 4 rings (SSSR count). The zero-order chi connectivity index (χ0) is 21.8. The van der Waals surface area contributed by atoms with Gasteiger partial charge in [0, 0.05) is 16.6 Å². The number of rotatable bonds is 7. The number of thiophene rings is 1. The van der Waals surface area contributed by atoms with Gasteiger partial charge in [0.25, 0.3) is 5.56 Å². The van der Waals surface area contributed by atoms with Crippen molar-refractivity contribution in [2.75, 3.05) is 5.32 Å². The maximum Gasteiger partial charge on any atom is 0.271 e. The first-order chi connectivity index (χ1) is 15.0. The third kappa shape index (κ3) is 4.75. The molecule has 0 fully saturated rings. The summed E-state index contributed by atoms with van der Waals surface area (Å²) in [5.74, 6) is -0.250. The summed E-state index contributed by atoms with van der Waals surface area (Å²) >= 11 is 1.37. The molecule has 0 aliphatic rings. The van der Waals surface area contributed by atoms with Gasteiger partial charge in [0.15, 0.2) is 0 Å². The van der Waals surface area contributed by atoms with Crippen LogP contribution in [-0.4, -0.2) is 15.5 Å². The predicted molar refractivity (Wildman–Crippen MR) is 128 cm³/mol. The van der Waals surface area contributed by atoms with Crippen molar-refractivity contribution in [1.29, 1.82) is 0 Å². The summed E-state index contributed by atoms with van der Waals surface area (Å²) in [6.07, 6.45) is 4.81. The Bertz CT molecular complexity index is 1250. The summed E-state index contributed by atoms with van der Waals surface area (Å²) in [6, 6.07) is 16.0. The number of hydrogen-bond donors (Lipinski definition) is 1. The highest BCUT2D eigenvalue weighted by molar-refractivity contribution is 7.17. The highest BCUT2D eigenvalue weighted by atomic mass is 32.1. The van der Waals surface area contributed by atoms with Crippen molar-refractivity contribution in [2.24, 2.45) is 0 Å². The van der Waals surface area contributed by atoms with E-state index in [4.69, 9.17) is 0 Å². The molecule has 0 radical (unpaired) electrons. The van der Waals surface area contributed by atoms with Crippen molar-refractivity contribution in [3.8, 4) is 11.1 Å². The van der Waals surface area contributed by atoms with Crippen LogP contribution in [0.4, 0.5) is 5.69 Å². The number of carbonyl (C=O) groups is 1. The zero-order valence-corrected chi connectivity index (χ0v) is 18.5. The standard InChI is InChI=1S/C25H25N3O2S/c1-3-4-5-18-8-12-20(13-9-18)27-22(29)14-28-16-26-23-21(15-31-24(23)25(28)30)19-10-6-17(2)7-11-19/h6-13,15-16H,3-5,14H2,1-2H3,(H,27,29). The smallest absolute Gasteiger partial charge is 0.271 e. The largest absolute Gasteiger partial charge is 0.325 e. The number of hydrogen-bond acceptors (Lipinski definition) is 4. The normalized spacial score (nSPS) is 11.0. The van der Waals surface area contributed by atoms with Gasteiger partial charge in [-0.1, -0.05) is 55.3 Å². The summed E-state index contributed by atoms with van der Waals surface area (Å²) in [5, 5.41) is 4.81. The lowest BCUT2D eigenvalue weighted by Crippen LogP contribution is -2.27. The first kappa shape index (κ1) is 21.0. The number of carbonyl (C=O) groups excluding carboxylic acids is 1. The molecule has 0 aliphatic carbocycles. The Balaban J connectivity index is 1.49. The number of benzene rings is 2. The van der Waals surface area contributed by atoms with Gasteiger partial charge in [0.2, 0.25) is 5.91 Å². The third-order valence-electron chi connectivity index (χ3n) is 5.28. The Morgan fingerprint density at radius 3 is 2.55 bits per heavy atom. The third-order valence-corrected chi connectivity index (χ3v) is 6.24. The van der Waals surface area contributed by atoms with Crippen LogP contribution in [0.1, 0.15) is 30.9 Å². The lowest BCUT2D eigenvalue weighted by Gasteiger charge is -2.08. The van der Waals surface area contributed by atoms with Crippen molar-refractivity contribution < 1.29 is 4.79 Å². The van der Waals surface area contributed by atoms with Gasteiger partial charge in [0.1, 0.15) is 11.2 Å². The fraction of sp³-hybridized carbons (Fsp3) is 0.240. The van der Waals surface area contributed by atoms with Crippen molar-refractivity contribution >= 4 is 33.1 Å². The number of aromatic nitrogens is 2. The molecule has 0 aliphatic heterocycles. The van der Waals surface area contributed by atoms with Crippen LogP contribution >= 0.6 is 11.3 Å². The summed E-state index contributed by atoms with van der Waals surface area (Å²) < 4.78 is 1.93. The second-order valence-corrected chi connectivity index (χ2v) is 8.60. The number of unbranched alkanes of at least 4 members (excludes halogenated alkanes) is 1. The van der Waals surface area contributed by atoms with Crippen LogP contribution in [0, 0.1) is 6.92 Å². The van der Waals surface area contributed by atoms with Crippen LogP contribution in [0.15, 0.2) is 65.0 Å². The summed E-state index contributed by atoms with van der Waals surface area (Å²) in [4.78, 5) is 29.9. The number of nitrogens with one attached hydrogen (secondary N) is 1. The molecular weight excluding hydrogens is 406 g/mol. The van der Waals surface area contributed by atoms with Gasteiger partial charge in [-0.2, -0.15) is 0 Å². The summed E-state index contributed by atoms with van der Waals surface area (Å²) in [7, 11) is 0. The highest BCUT2D eigenvalue weighted by Crippen LogP contribution is 2.30. The van der Waals surface area contributed by atoms with Gasteiger partial charge < -0.3 is 5.32 Å². The Hall–Kier alpha value is -3.25. The van der Waals surface area contributed by atoms with E-state index in [1.807, 2.05) is 60.8 Å². The van der Waals surface area contributed by atoms with E-state index in [0.29, 0.717) is 10.2 Å². The van der Waals surface area contributed by atoms with E-state index in [0.717, 1.165) is 36.1 Å². The van der Waals surface area contributed by atoms with Crippen LogP contribution in [0.2, 0.25) is 0 Å². The Morgan fingerprint density at radius 1 is 1.10 bits per heavy atom. The van der Waals surface area contributed by atoms with Gasteiger partial charge in [-0.05, 0) is 43.0 Å². The fourth-order valence-electron chi connectivity index (χ4n) is 3.48. The molecule has 0 bridgehead atoms. The Kier molecular flexibility index (Phi) is 6.28. The van der Waals surface area contributed by atoms with Crippen molar-refractivity contribution in [3.05, 3.63) is 81.7 Å². The molecule has 4 aromatic rings. The summed E-state index contributed by atoms with van der Waals surface area (Å²) in [6.45, 7) is 4.14. The van der Waals surface area contributed by atoms with Gasteiger partial charge >= 0.3 is 0 Å². The minimum atomic E-state index is -0.250. The van der Waals surface area contributed by atoms with Crippen molar-refractivity contribution in [1.82, 2.24) is 9.55 Å². The topological polar surface area (TPSA) is 64.0 Å². The van der Waals surface area contributed by atoms with E-state index < -0.39 is 0 Å². The second kappa shape index (κ2) is 9.27. The molecule has 31 heavy (non-hydrogen) atoms. The molecule has 5 nitrogen and oxygen atoms in total. The SMILES string of the molecule is CCCCc1ccc(NC(=O)Cn2cnc3c(-c4ccc(C)cc4)csc3c2=O)cc1. The van der Waals surface area contributed by atoms with E-state index in [-0.39, 0.29) is 18.0 Å². The van der Waals surface area contributed by atoms with Crippen LogP contribution in [0.3, 0.4) is 0 Å². The molecular formula is C25H25N3O2S. The molecule has 2 aromatic heterocycles. The van der Waals surface area contributed by atoms with Crippen LogP contribution < -0.4 is 10.9 Å². The molecule has 0 atom stereocenters. The lowest BCUT2D eigenvalue weighted by molar-refractivity contribution is -0.116. The van der Waals surface area contributed by atoms with E-state index in [1.54, 1.807) is 0 Å². The Labute approximate surface area is 185 Å². The molecule has 2 aromatic carbocycles. The molecule has 0 saturated carbocycles. The molecule has 6 heteroatoms. The monoisotopic (exact) mass is 431 g/mol. The average Bonchev–Trinajstić information content (AvgIpc) is 3.21. The number of anilines is 1. The predicted octanol–water partition coefficient (Wildman–Crippen LogP) is 5.41. The zero-order valence-electron chi connectivity index (χ0n) is 17.7. The molecule has 1 amide bonds. The van der Waals surface area contributed by atoms with E-state index in [1.165, 1.54) is 33.4 Å². The second-order valence-electron chi connectivity index (χ2n) is 7.72. The van der Waals surface area contributed by atoms with Gasteiger partial charge in [-0.15, -0.1) is 11.3 Å². The fourth-order valence-corrected chi connectivity index (χ4v) is 4.46. The Morgan fingerprint density at radius 2 is 1.84 bits per heavy atom. The maximum atomic E-state index is 12.9. The number of nitrogens with zero attached hydrogens (tertiary/aromatic N) is 2. The number of amides is 1. The molecule has 1 N–H and O–H groups in total. The molecule has 2 heterocycles. The quantitative estimate of drug-likeness (QED) is 0.425. The summed E-state index contributed by atoms with van der Waals surface area (Å²) in [5.41, 5.74) is 5.62. The van der Waals surface area contributed by atoms with E-state index in [2.05, 4.69) is 17.2 Å². The van der Waals surface area contributed by atoms with Crippen LogP contribution in [-0.2, 0) is 17.8 Å². The van der Waals surface area contributed by atoms with Gasteiger partial charge in [0.05, 0.1) is 11.8 Å². The lowest BCUT2D eigenvalue weighted by atomic mass is 10.1. The van der Waals surface area contributed by atoms with E-state index >= 15 is 0 Å². The van der Waals surface area contributed by atoms with Gasteiger partial charge in [-0.25, -0.2) is 4.98 Å². The average molecular weight is 432 g/mol. The van der Waals surface area contributed by atoms with Crippen molar-refractivity contribution in [3.63, 3.8) is 0 Å². The first-order valence-electron chi connectivity index (χ1n) is 10.5. The molecule has 0 unspecified atom stereocenters. The molecule has 0 saturated heterocycles. The minimum Gasteiger partial charge on any atom is -0.325 e. The minimum absolute atomic E-state index is 0.0723. The number of fused-ring (bicyclic) bond motifs is 1. The van der Waals surface area contributed by atoms with Crippen LogP contribution in [0.25, 0.3) is 21.3 Å². The first-order valence-corrected chi connectivity index (χ1v) is 11.4. The molecule has 0 spiro atoms. The van der Waals surface area contributed by atoms with Gasteiger partial charge in [-0.3, -0.25) is 14.2 Å². The molecule has 158 valence electrons. The highest BCUT2D eigenvalue weighted by Gasteiger charge is 2.14. The van der Waals surface area contributed by atoms with Crippen LogP contribution in [0.5, 0.6) is 0 Å². The van der Waals surface area contributed by atoms with E-state index in [9.17, 15) is 9.59 Å². The maximum absolute atomic E-state index is 12.9.